The summed E-state index contributed by atoms with van der Waals surface area (Å²) >= 11 is 0. The van der Waals surface area contributed by atoms with Gasteiger partial charge in [0.1, 0.15) is 0 Å². The number of halogens is 3. The molecule has 1 aromatic carbocycles. The molecule has 0 atom stereocenters. The largest absolute Gasteiger partial charge is 0.416 e. The fourth-order valence-corrected chi connectivity index (χ4v) is 1.76. The Hall–Kier alpha value is -1.49. The van der Waals surface area contributed by atoms with E-state index in [4.69, 9.17) is 0 Å². The Bertz CT molecular complexity index is 514. The van der Waals surface area contributed by atoms with Crippen LogP contribution in [0, 0.1) is 0 Å². The molecule has 0 fully saturated rings. The lowest BCUT2D eigenvalue weighted by Gasteiger charge is -2.05. The van der Waals surface area contributed by atoms with E-state index in [1.807, 2.05) is 13.1 Å². The minimum absolute atomic E-state index is 0.533. The van der Waals surface area contributed by atoms with Crippen molar-refractivity contribution in [3.8, 4) is 0 Å². The Balaban J connectivity index is 2.34. The van der Waals surface area contributed by atoms with Crippen LogP contribution in [0.1, 0.15) is 11.3 Å². The van der Waals surface area contributed by atoms with Crippen LogP contribution in [0.4, 0.5) is 13.2 Å². The van der Waals surface area contributed by atoms with Crippen LogP contribution in [0.3, 0.4) is 0 Å². The van der Waals surface area contributed by atoms with Crippen LogP contribution in [0.2, 0.25) is 0 Å². The molecule has 2 aromatic rings. The quantitative estimate of drug-likeness (QED) is 0.850. The van der Waals surface area contributed by atoms with E-state index in [9.17, 15) is 13.2 Å². The number of fused-ring (bicyclic) bond motifs is 1. The first-order chi connectivity index (χ1) is 8.00. The number of alkyl halides is 3. The predicted molar refractivity (Wildman–Crippen MR) is 60.9 cm³/mol. The van der Waals surface area contributed by atoms with Gasteiger partial charge in [-0.3, -0.25) is 0 Å². The normalized spacial score (nSPS) is 12.2. The Morgan fingerprint density at radius 2 is 2.00 bits per heavy atom. The minimum atomic E-state index is -4.29. The summed E-state index contributed by atoms with van der Waals surface area (Å²) in [5.74, 6) is 0. The third-order valence-corrected chi connectivity index (χ3v) is 2.65. The van der Waals surface area contributed by atoms with Gasteiger partial charge in [0.15, 0.2) is 0 Å². The van der Waals surface area contributed by atoms with Crippen molar-refractivity contribution < 1.29 is 13.2 Å². The van der Waals surface area contributed by atoms with Crippen LogP contribution in [-0.4, -0.2) is 18.6 Å². The molecule has 5 heteroatoms. The van der Waals surface area contributed by atoms with Crippen LogP contribution in [0.15, 0.2) is 24.3 Å². The molecule has 0 aliphatic carbocycles. The molecule has 0 bridgehead atoms. The lowest BCUT2D eigenvalue weighted by atomic mass is 10.1. The van der Waals surface area contributed by atoms with E-state index in [-0.39, 0.29) is 0 Å². The van der Waals surface area contributed by atoms with E-state index in [0.717, 1.165) is 36.2 Å². The summed E-state index contributed by atoms with van der Waals surface area (Å²) in [6, 6.07) is 5.64. The zero-order valence-corrected chi connectivity index (χ0v) is 9.36. The number of likely N-dealkylation sites (N-methyl/N-ethyl adjacent to an activating group) is 1. The van der Waals surface area contributed by atoms with Crippen LogP contribution >= 0.6 is 0 Å². The van der Waals surface area contributed by atoms with Crippen LogP contribution in [0.25, 0.3) is 10.9 Å². The van der Waals surface area contributed by atoms with Crippen molar-refractivity contribution in [1.29, 1.82) is 0 Å². The molecule has 92 valence electrons. The van der Waals surface area contributed by atoms with E-state index in [0.29, 0.717) is 5.52 Å². The Morgan fingerprint density at radius 1 is 1.24 bits per heavy atom. The lowest BCUT2D eigenvalue weighted by Crippen LogP contribution is -2.10. The third-order valence-electron chi connectivity index (χ3n) is 2.65. The molecule has 0 aliphatic heterocycles. The zero-order valence-electron chi connectivity index (χ0n) is 9.36. The molecular weight excluding hydrogens is 229 g/mol. The average Bonchev–Trinajstić information content (AvgIpc) is 2.66. The van der Waals surface area contributed by atoms with Gasteiger partial charge in [-0.25, -0.2) is 0 Å². The highest BCUT2D eigenvalue weighted by molar-refractivity contribution is 5.81. The number of hydrogen-bond acceptors (Lipinski definition) is 1. The maximum absolute atomic E-state index is 12.5. The summed E-state index contributed by atoms with van der Waals surface area (Å²) in [5, 5.41) is 3.81. The standard InChI is InChI=1S/C12H13F3N2/c1-16-5-4-10-6-8-2-3-9(12(13,14)15)7-11(8)17-10/h2-3,6-7,16-17H,4-5H2,1H3. The van der Waals surface area contributed by atoms with Gasteiger partial charge in [-0.2, -0.15) is 13.2 Å². The zero-order chi connectivity index (χ0) is 12.5. The van der Waals surface area contributed by atoms with Gasteiger partial charge in [0.05, 0.1) is 5.56 Å². The average molecular weight is 242 g/mol. The molecule has 2 N–H and O–H groups in total. The lowest BCUT2D eigenvalue weighted by molar-refractivity contribution is -0.137. The topological polar surface area (TPSA) is 27.8 Å². The number of hydrogen-bond donors (Lipinski definition) is 2. The second-order valence-corrected chi connectivity index (χ2v) is 3.95. The summed E-state index contributed by atoms with van der Waals surface area (Å²) in [6.45, 7) is 0.791. The van der Waals surface area contributed by atoms with E-state index in [1.54, 1.807) is 0 Å². The number of rotatable bonds is 3. The molecular formula is C12H13F3N2. The number of benzene rings is 1. The van der Waals surface area contributed by atoms with Gasteiger partial charge in [-0.05, 0) is 37.1 Å². The first-order valence-corrected chi connectivity index (χ1v) is 5.34. The van der Waals surface area contributed by atoms with Crippen molar-refractivity contribution in [2.75, 3.05) is 13.6 Å². The van der Waals surface area contributed by atoms with Crippen molar-refractivity contribution in [2.45, 2.75) is 12.6 Å². The molecule has 2 nitrogen and oxygen atoms in total. The summed E-state index contributed by atoms with van der Waals surface area (Å²) in [7, 11) is 1.84. The molecule has 0 unspecified atom stereocenters. The van der Waals surface area contributed by atoms with Gasteiger partial charge in [-0.15, -0.1) is 0 Å². The molecule has 0 amide bonds. The van der Waals surface area contributed by atoms with E-state index < -0.39 is 11.7 Å². The van der Waals surface area contributed by atoms with Gasteiger partial charge in [0, 0.05) is 17.8 Å². The molecule has 0 spiro atoms. The van der Waals surface area contributed by atoms with E-state index in [1.165, 1.54) is 6.07 Å². The van der Waals surface area contributed by atoms with Crippen LogP contribution in [0.5, 0.6) is 0 Å². The van der Waals surface area contributed by atoms with Crippen molar-refractivity contribution in [2.24, 2.45) is 0 Å². The smallest absolute Gasteiger partial charge is 0.358 e. The Morgan fingerprint density at radius 3 is 2.65 bits per heavy atom. The predicted octanol–water partition coefficient (Wildman–Crippen LogP) is 2.95. The molecule has 17 heavy (non-hydrogen) atoms. The Kier molecular flexibility index (Phi) is 3.11. The van der Waals surface area contributed by atoms with Crippen LogP contribution < -0.4 is 5.32 Å². The fraction of sp³-hybridized carbons (Fsp3) is 0.333. The minimum Gasteiger partial charge on any atom is -0.358 e. The second kappa shape index (κ2) is 4.41. The highest BCUT2D eigenvalue weighted by atomic mass is 19.4. The van der Waals surface area contributed by atoms with Gasteiger partial charge < -0.3 is 10.3 Å². The molecule has 2 rings (SSSR count). The SMILES string of the molecule is CNCCc1cc2ccc(C(F)(F)F)cc2[nH]1. The van der Waals surface area contributed by atoms with Crippen molar-refractivity contribution in [3.63, 3.8) is 0 Å². The fourth-order valence-electron chi connectivity index (χ4n) is 1.76. The molecule has 1 heterocycles. The molecule has 0 aliphatic rings. The van der Waals surface area contributed by atoms with Gasteiger partial charge in [0.25, 0.3) is 0 Å². The molecule has 0 saturated carbocycles. The van der Waals surface area contributed by atoms with Gasteiger partial charge in [0.2, 0.25) is 0 Å². The van der Waals surface area contributed by atoms with E-state index in [2.05, 4.69) is 10.3 Å². The van der Waals surface area contributed by atoms with E-state index >= 15 is 0 Å². The summed E-state index contributed by atoms with van der Waals surface area (Å²) < 4.78 is 37.5. The summed E-state index contributed by atoms with van der Waals surface area (Å²) in [6.07, 6.45) is -3.52. The number of aromatic amines is 1. The number of aromatic nitrogens is 1. The third kappa shape index (κ3) is 2.61. The first-order valence-electron chi connectivity index (χ1n) is 5.34. The van der Waals surface area contributed by atoms with Crippen molar-refractivity contribution in [1.82, 2.24) is 10.3 Å². The number of nitrogens with one attached hydrogen (secondary N) is 2. The monoisotopic (exact) mass is 242 g/mol. The highest BCUT2D eigenvalue weighted by Crippen LogP contribution is 2.31. The first kappa shape index (κ1) is 12.0. The Labute approximate surface area is 96.8 Å². The second-order valence-electron chi connectivity index (χ2n) is 3.95. The highest BCUT2D eigenvalue weighted by Gasteiger charge is 2.30. The van der Waals surface area contributed by atoms with Crippen LogP contribution in [-0.2, 0) is 12.6 Å². The number of H-pyrrole nitrogens is 1. The van der Waals surface area contributed by atoms with Crippen molar-refractivity contribution in [3.05, 3.63) is 35.5 Å². The summed E-state index contributed by atoms with van der Waals surface area (Å²) in [5.41, 5.74) is 0.853. The maximum atomic E-state index is 12.5. The summed E-state index contributed by atoms with van der Waals surface area (Å²) in [4.78, 5) is 3.00. The van der Waals surface area contributed by atoms with Gasteiger partial charge in [-0.1, -0.05) is 6.07 Å². The molecule has 0 saturated heterocycles. The molecule has 0 radical (unpaired) electrons. The van der Waals surface area contributed by atoms with Crippen molar-refractivity contribution >= 4 is 10.9 Å². The maximum Gasteiger partial charge on any atom is 0.416 e. The van der Waals surface area contributed by atoms with Gasteiger partial charge >= 0.3 is 6.18 Å². The molecule has 1 aromatic heterocycles.